The molecule has 4 aromatic rings. The van der Waals surface area contributed by atoms with Gasteiger partial charge in [0.2, 0.25) is 0 Å². The molecule has 17 heteroatoms. The molecule has 2 aromatic heterocycles. The molecule has 5 N–H and O–H groups in total. The zero-order chi connectivity index (χ0) is 31.8. The van der Waals surface area contributed by atoms with Gasteiger partial charge in [-0.3, -0.25) is 13.9 Å². The summed E-state index contributed by atoms with van der Waals surface area (Å²) in [6, 6.07) is 10.7. The Morgan fingerprint density at radius 1 is 1.16 bits per heavy atom. The molecule has 6 unspecified atom stereocenters. The largest absolute Gasteiger partial charge is 0.462 e. The van der Waals surface area contributed by atoms with Gasteiger partial charge in [-0.1, -0.05) is 30.3 Å². The topological polar surface area (TPSA) is 193 Å². The Balaban J connectivity index is 1.45. The van der Waals surface area contributed by atoms with Crippen molar-refractivity contribution in [2.75, 3.05) is 12.3 Å². The Morgan fingerprint density at radius 2 is 1.89 bits per heavy atom. The quantitative estimate of drug-likeness (QED) is 0.139. The van der Waals surface area contributed by atoms with Gasteiger partial charge in [-0.25, -0.2) is 28.3 Å². The molecule has 0 radical (unpaired) electrons. The number of aliphatic hydroxyl groups excluding tert-OH is 2. The van der Waals surface area contributed by atoms with E-state index in [1.165, 1.54) is 13.0 Å². The highest BCUT2D eigenvalue weighted by atomic mass is 31.2. The Kier molecular flexibility index (Phi) is 8.84. The number of nitrogens with zero attached hydrogens (tertiary/aromatic N) is 4. The summed E-state index contributed by atoms with van der Waals surface area (Å²) in [6.07, 6.45) is -7.55. The Hall–Kier alpha value is -3.79. The van der Waals surface area contributed by atoms with Crippen molar-refractivity contribution in [2.24, 2.45) is 0 Å². The van der Waals surface area contributed by atoms with Crippen LogP contribution in [0.25, 0.3) is 21.9 Å². The molecule has 1 saturated heterocycles. The van der Waals surface area contributed by atoms with Gasteiger partial charge in [0.1, 0.15) is 42.2 Å². The lowest BCUT2D eigenvalue weighted by Gasteiger charge is -2.32. The Labute approximate surface area is 249 Å². The van der Waals surface area contributed by atoms with Crippen molar-refractivity contribution in [3.63, 3.8) is 0 Å². The molecular formula is C27H31F2N6O8P. The molecular weight excluding hydrogens is 605 g/mol. The number of nitrogens with two attached hydrogens (primary N) is 1. The summed E-state index contributed by atoms with van der Waals surface area (Å²) < 4.78 is 66.6. The van der Waals surface area contributed by atoms with E-state index in [2.05, 4.69) is 20.0 Å². The van der Waals surface area contributed by atoms with Crippen molar-refractivity contribution in [2.45, 2.75) is 63.4 Å². The molecule has 1 aliphatic rings. The standard InChI is InChI=1S/C27H31F2N6O8P/c1-14(2)41-25(38)15(3)34-44(39,43-18-9-8-16-6-4-5-7-17(16)10-18)40-11-27(26(28)29)21(37)20(36)24(42-27)35-13-33-23-19(35)22(30)31-12-32-23/h4-10,12-15,20-21,24,26,36-37H,11H2,1-3H3,(H,34,39)(H2,30,31,32). The zero-order valence-electron chi connectivity index (χ0n) is 23.8. The van der Waals surface area contributed by atoms with E-state index in [0.717, 1.165) is 22.6 Å². The third-order valence-electron chi connectivity index (χ3n) is 6.96. The average molecular weight is 637 g/mol. The summed E-state index contributed by atoms with van der Waals surface area (Å²) in [7, 11) is -4.70. The van der Waals surface area contributed by atoms with Gasteiger partial charge in [0.25, 0.3) is 6.43 Å². The van der Waals surface area contributed by atoms with Crippen LogP contribution in [0, 0.1) is 0 Å². The smallest absolute Gasteiger partial charge is 0.459 e. The van der Waals surface area contributed by atoms with Crippen molar-refractivity contribution in [1.82, 2.24) is 24.6 Å². The molecule has 14 nitrogen and oxygen atoms in total. The summed E-state index contributed by atoms with van der Waals surface area (Å²) in [4.78, 5) is 24.3. The molecule has 0 aliphatic carbocycles. The second kappa shape index (κ2) is 12.3. The minimum atomic E-state index is -4.70. The van der Waals surface area contributed by atoms with Gasteiger partial charge >= 0.3 is 13.7 Å². The number of nitrogen functional groups attached to an aromatic ring is 1. The number of hydrogen-bond donors (Lipinski definition) is 4. The third kappa shape index (κ3) is 6.09. The number of carbonyl (C=O) groups is 1. The predicted octanol–water partition coefficient (Wildman–Crippen LogP) is 2.95. The molecule has 0 amide bonds. The second-order valence-electron chi connectivity index (χ2n) is 10.5. The summed E-state index contributed by atoms with van der Waals surface area (Å²) in [6.45, 7) is 3.30. The van der Waals surface area contributed by atoms with Gasteiger partial charge in [0.15, 0.2) is 23.3 Å². The molecule has 0 bridgehead atoms. The van der Waals surface area contributed by atoms with Crippen molar-refractivity contribution in [1.29, 1.82) is 0 Å². The van der Waals surface area contributed by atoms with Gasteiger partial charge in [-0.15, -0.1) is 0 Å². The highest BCUT2D eigenvalue weighted by Gasteiger charge is 2.61. The molecule has 236 valence electrons. The fourth-order valence-corrected chi connectivity index (χ4v) is 6.27. The van der Waals surface area contributed by atoms with Crippen LogP contribution in [-0.4, -0.2) is 78.7 Å². The number of imidazole rings is 1. The number of alkyl halides is 2. The van der Waals surface area contributed by atoms with Crippen molar-refractivity contribution >= 4 is 41.5 Å². The van der Waals surface area contributed by atoms with Gasteiger partial charge in [-0.2, -0.15) is 5.09 Å². The number of anilines is 1. The number of ether oxygens (including phenoxy) is 2. The number of aliphatic hydroxyl groups is 2. The number of nitrogens with one attached hydrogen (secondary N) is 1. The van der Waals surface area contributed by atoms with E-state index in [9.17, 15) is 28.4 Å². The van der Waals surface area contributed by atoms with Crippen LogP contribution in [0.4, 0.5) is 14.6 Å². The molecule has 0 saturated carbocycles. The van der Waals surface area contributed by atoms with E-state index in [0.29, 0.717) is 5.39 Å². The number of hydrogen-bond acceptors (Lipinski definition) is 12. The lowest BCUT2D eigenvalue weighted by molar-refractivity contribution is -0.191. The fourth-order valence-electron chi connectivity index (χ4n) is 4.75. The monoisotopic (exact) mass is 636 g/mol. The van der Waals surface area contributed by atoms with Crippen LogP contribution in [0.1, 0.15) is 27.0 Å². The summed E-state index contributed by atoms with van der Waals surface area (Å²) in [5.74, 6) is -0.862. The highest BCUT2D eigenvalue weighted by molar-refractivity contribution is 7.52. The molecule has 5 rings (SSSR count). The van der Waals surface area contributed by atoms with E-state index in [4.69, 9.17) is 24.3 Å². The van der Waals surface area contributed by atoms with Crippen molar-refractivity contribution in [3.05, 3.63) is 55.1 Å². The Bertz CT molecular complexity index is 1710. The minimum absolute atomic E-state index is 0.0289. The minimum Gasteiger partial charge on any atom is -0.462 e. The summed E-state index contributed by atoms with van der Waals surface area (Å²) in [5, 5.41) is 25.7. The SMILES string of the molecule is CC(C)OC(=O)C(C)NP(=O)(OCC1(C(F)F)OC(n2cnc3ncnc(N)c32)C(O)C1O)Oc1ccc2ccccc2c1. The molecule has 6 atom stereocenters. The zero-order valence-corrected chi connectivity index (χ0v) is 24.7. The predicted molar refractivity (Wildman–Crippen MR) is 153 cm³/mol. The van der Waals surface area contributed by atoms with Crippen LogP contribution in [0.5, 0.6) is 5.75 Å². The number of carbonyl (C=O) groups excluding carboxylic acids is 1. The van der Waals surface area contributed by atoms with Crippen LogP contribution in [0.3, 0.4) is 0 Å². The van der Waals surface area contributed by atoms with Crippen molar-refractivity contribution < 1.29 is 46.9 Å². The number of halogens is 2. The molecule has 0 spiro atoms. The number of rotatable bonds is 11. The summed E-state index contributed by atoms with van der Waals surface area (Å²) in [5.41, 5.74) is 3.16. The van der Waals surface area contributed by atoms with Crippen molar-refractivity contribution in [3.8, 4) is 5.75 Å². The van der Waals surface area contributed by atoms with Gasteiger partial charge < -0.3 is 29.9 Å². The average Bonchev–Trinajstić information content (AvgIpc) is 3.51. The van der Waals surface area contributed by atoms with Crippen LogP contribution in [0.2, 0.25) is 0 Å². The summed E-state index contributed by atoms with van der Waals surface area (Å²) >= 11 is 0. The first-order valence-electron chi connectivity index (χ1n) is 13.5. The number of fused-ring (bicyclic) bond motifs is 2. The third-order valence-corrected chi connectivity index (χ3v) is 8.58. The number of aromatic nitrogens is 4. The Morgan fingerprint density at radius 3 is 2.59 bits per heavy atom. The second-order valence-corrected chi connectivity index (χ2v) is 12.2. The number of benzene rings is 2. The molecule has 1 aliphatic heterocycles. The van der Waals surface area contributed by atoms with Gasteiger partial charge in [-0.05, 0) is 43.7 Å². The normalized spacial score (nSPS) is 24.2. The molecule has 3 heterocycles. The lowest BCUT2D eigenvalue weighted by Crippen LogP contribution is -2.53. The maximum atomic E-state index is 14.8. The first-order valence-corrected chi connectivity index (χ1v) is 15.0. The van der Waals surface area contributed by atoms with E-state index in [1.807, 2.05) is 12.1 Å². The van der Waals surface area contributed by atoms with Crippen LogP contribution in [0.15, 0.2) is 55.1 Å². The first kappa shape index (κ1) is 31.6. The van der Waals surface area contributed by atoms with E-state index >= 15 is 0 Å². The fraction of sp³-hybridized carbons (Fsp3) is 0.407. The van der Waals surface area contributed by atoms with Gasteiger partial charge in [0.05, 0.1) is 12.7 Å². The van der Waals surface area contributed by atoms with Crippen LogP contribution in [-0.2, 0) is 23.4 Å². The van der Waals surface area contributed by atoms with E-state index in [-0.39, 0.29) is 22.7 Å². The van der Waals surface area contributed by atoms with E-state index < -0.39 is 62.9 Å². The van der Waals surface area contributed by atoms with Crippen LogP contribution >= 0.6 is 7.75 Å². The maximum absolute atomic E-state index is 14.8. The highest BCUT2D eigenvalue weighted by Crippen LogP contribution is 2.50. The number of esters is 1. The maximum Gasteiger partial charge on any atom is 0.459 e. The molecule has 2 aromatic carbocycles. The molecule has 44 heavy (non-hydrogen) atoms. The molecule has 1 fully saturated rings. The van der Waals surface area contributed by atoms with Crippen LogP contribution < -0.4 is 15.3 Å². The van der Waals surface area contributed by atoms with E-state index in [1.54, 1.807) is 38.1 Å². The van der Waals surface area contributed by atoms with Gasteiger partial charge in [0, 0.05) is 0 Å². The lowest BCUT2D eigenvalue weighted by atomic mass is 9.96. The first-order chi connectivity index (χ1) is 20.8.